The number of benzene rings is 1. The van der Waals surface area contributed by atoms with Gasteiger partial charge in [-0.15, -0.1) is 0 Å². The molecule has 6 heteroatoms. The van der Waals surface area contributed by atoms with E-state index in [0.717, 1.165) is 36.5 Å². The Bertz CT molecular complexity index is 737. The second-order valence-corrected chi connectivity index (χ2v) is 15.6. The first-order chi connectivity index (χ1) is 10.2. The minimum absolute atomic E-state index is 0.0678. The van der Waals surface area contributed by atoms with E-state index in [1.807, 2.05) is 0 Å². The summed E-state index contributed by atoms with van der Waals surface area (Å²) in [4.78, 5) is 12.2. The average Bonchev–Trinajstić information content (AvgIpc) is 3.12. The van der Waals surface area contributed by atoms with E-state index < -0.39 is 7.31 Å². The van der Waals surface area contributed by atoms with Crippen molar-refractivity contribution >= 4 is 19.0 Å². The standard InChI is InChI=1S/C16H22N2O2S.W/c1-16(2,11-6-7-11)13-9-5-10-4-8-12(10)14(13)17-15(19)18-21(3)20;/h5,9,11H,4,6-8H2,1-3H3,(H2,17,18,19);. The predicted octanol–water partition coefficient (Wildman–Crippen LogP) is 2.89. The molecule has 2 amide bonds. The van der Waals surface area contributed by atoms with Gasteiger partial charge in [0.15, 0.2) is 0 Å². The average molecular weight is 490 g/mol. The SMILES string of the molecule is CC(C)(c1ccc2c(c1NC(=O)N[S](C)(=O)=[W])CC2)C1CC1. The van der Waals surface area contributed by atoms with Crippen molar-refractivity contribution in [3.63, 3.8) is 0 Å². The fourth-order valence-corrected chi connectivity index (χ4v) is 4.51. The van der Waals surface area contributed by atoms with Crippen molar-refractivity contribution in [2.24, 2.45) is 5.92 Å². The number of carbonyl (C=O) groups is 1. The van der Waals surface area contributed by atoms with E-state index in [1.165, 1.54) is 29.5 Å². The van der Waals surface area contributed by atoms with E-state index in [4.69, 9.17) is 0 Å². The first-order valence-electron chi connectivity index (χ1n) is 7.62. The molecule has 120 valence electrons. The Hall–Kier alpha value is -0.672. The maximum absolute atomic E-state index is 12.2. The molecule has 22 heavy (non-hydrogen) atoms. The van der Waals surface area contributed by atoms with E-state index in [9.17, 15) is 9.00 Å². The number of hydrogen-bond acceptors (Lipinski definition) is 2. The van der Waals surface area contributed by atoms with Crippen LogP contribution in [0, 0.1) is 5.92 Å². The Labute approximate surface area is 141 Å². The molecule has 0 heterocycles. The van der Waals surface area contributed by atoms with Gasteiger partial charge in [0.2, 0.25) is 0 Å². The van der Waals surface area contributed by atoms with Gasteiger partial charge in [-0.3, -0.25) is 0 Å². The van der Waals surface area contributed by atoms with Crippen molar-refractivity contribution in [2.45, 2.75) is 44.9 Å². The van der Waals surface area contributed by atoms with Crippen molar-refractivity contribution in [2.75, 3.05) is 11.6 Å². The van der Waals surface area contributed by atoms with E-state index in [2.05, 4.69) is 36.0 Å². The molecule has 4 nitrogen and oxygen atoms in total. The van der Waals surface area contributed by atoms with E-state index in [1.54, 1.807) is 6.26 Å². The van der Waals surface area contributed by atoms with Crippen LogP contribution in [0.1, 0.15) is 43.4 Å². The summed E-state index contributed by atoms with van der Waals surface area (Å²) in [5.74, 6) is 0.695. The molecular weight excluding hydrogens is 468 g/mol. The molecule has 1 fully saturated rings. The van der Waals surface area contributed by atoms with Gasteiger partial charge in [0.25, 0.3) is 0 Å². The topological polar surface area (TPSA) is 58.2 Å². The molecule has 1 unspecified atom stereocenters. The monoisotopic (exact) mass is 490 g/mol. The number of aryl methyl sites for hydroxylation is 1. The van der Waals surface area contributed by atoms with Crippen LogP contribution in [0.4, 0.5) is 10.5 Å². The van der Waals surface area contributed by atoms with Gasteiger partial charge < -0.3 is 0 Å². The summed E-state index contributed by atoms with van der Waals surface area (Å²) in [6, 6.07) is 4.02. The molecule has 0 spiro atoms. The predicted molar refractivity (Wildman–Crippen MR) is 85.8 cm³/mol. The van der Waals surface area contributed by atoms with Crippen molar-refractivity contribution < 1.29 is 27.0 Å². The third-order valence-electron chi connectivity index (χ3n) is 4.86. The Morgan fingerprint density at radius 2 is 2.00 bits per heavy atom. The number of rotatable bonds is 4. The second-order valence-electron chi connectivity index (χ2n) is 6.95. The van der Waals surface area contributed by atoms with E-state index in [0.29, 0.717) is 5.92 Å². The molecular formula is C16H22N2O2SW. The van der Waals surface area contributed by atoms with Crippen LogP contribution >= 0.6 is 0 Å². The quantitative estimate of drug-likeness (QED) is 0.683. The normalized spacial score (nSPS) is 19.6. The Balaban J connectivity index is 1.95. The maximum atomic E-state index is 12.2. The van der Waals surface area contributed by atoms with E-state index >= 15 is 0 Å². The number of anilines is 1. The molecule has 0 aliphatic heterocycles. The molecule has 0 bridgehead atoms. The summed E-state index contributed by atoms with van der Waals surface area (Å²) in [6.45, 7) is 4.53. The van der Waals surface area contributed by atoms with Crippen LogP contribution < -0.4 is 10.0 Å². The van der Waals surface area contributed by atoms with Crippen molar-refractivity contribution in [3.8, 4) is 0 Å². The zero-order valence-electron chi connectivity index (χ0n) is 13.2. The molecule has 0 radical (unpaired) electrons. The number of fused-ring (bicyclic) bond motifs is 1. The Morgan fingerprint density at radius 1 is 1.32 bits per heavy atom. The van der Waals surface area contributed by atoms with Crippen molar-refractivity contribution in [1.29, 1.82) is 0 Å². The summed E-state index contributed by atoms with van der Waals surface area (Å²) in [5.41, 5.74) is 4.82. The summed E-state index contributed by atoms with van der Waals surface area (Å²) in [6.07, 6.45) is 6.18. The molecule has 1 atom stereocenters. The van der Waals surface area contributed by atoms with Gasteiger partial charge in [-0.05, 0) is 0 Å². The van der Waals surface area contributed by atoms with Gasteiger partial charge in [-0.25, -0.2) is 0 Å². The van der Waals surface area contributed by atoms with Gasteiger partial charge in [0.1, 0.15) is 0 Å². The summed E-state index contributed by atoms with van der Waals surface area (Å²) < 4.78 is 14.4. The van der Waals surface area contributed by atoms with Gasteiger partial charge in [-0.1, -0.05) is 0 Å². The molecule has 2 aliphatic carbocycles. The van der Waals surface area contributed by atoms with Crippen molar-refractivity contribution in [3.05, 3.63) is 28.8 Å². The van der Waals surface area contributed by atoms with Crippen LogP contribution in [0.3, 0.4) is 0 Å². The molecule has 1 aromatic rings. The summed E-state index contributed by atoms with van der Waals surface area (Å²) in [7, 11) is -2.23. The second kappa shape index (κ2) is 5.45. The third kappa shape index (κ3) is 3.16. The molecule has 2 N–H and O–H groups in total. The fraction of sp³-hybridized carbons (Fsp3) is 0.562. The van der Waals surface area contributed by atoms with Crippen LogP contribution in [0.15, 0.2) is 12.1 Å². The minimum atomic E-state index is -2.23. The van der Waals surface area contributed by atoms with E-state index in [-0.39, 0.29) is 11.4 Å². The number of carbonyl (C=O) groups excluding carboxylic acids is 1. The summed E-state index contributed by atoms with van der Waals surface area (Å²) >= 11 is 0.886. The van der Waals surface area contributed by atoms with Crippen LogP contribution in [0.5, 0.6) is 0 Å². The van der Waals surface area contributed by atoms with Gasteiger partial charge >= 0.3 is 142 Å². The van der Waals surface area contributed by atoms with Crippen LogP contribution in [0.25, 0.3) is 0 Å². The molecule has 0 saturated heterocycles. The van der Waals surface area contributed by atoms with Gasteiger partial charge in [0, 0.05) is 0 Å². The van der Waals surface area contributed by atoms with Gasteiger partial charge in [-0.2, -0.15) is 0 Å². The molecule has 2 aliphatic rings. The van der Waals surface area contributed by atoms with Crippen LogP contribution in [-0.2, 0) is 43.6 Å². The number of nitrogens with one attached hydrogen (secondary N) is 2. The van der Waals surface area contributed by atoms with Crippen LogP contribution in [-0.4, -0.2) is 16.5 Å². The molecule has 3 rings (SSSR count). The number of hydrogen-bond donors (Lipinski definition) is 2. The number of urea groups is 1. The third-order valence-corrected chi connectivity index (χ3v) is 6.32. The summed E-state index contributed by atoms with van der Waals surface area (Å²) in [5, 5.41) is 3.00. The Morgan fingerprint density at radius 3 is 2.50 bits per heavy atom. The number of amides is 2. The first-order valence-corrected chi connectivity index (χ1v) is 13.1. The molecule has 1 aromatic carbocycles. The molecule has 1 saturated carbocycles. The van der Waals surface area contributed by atoms with Crippen molar-refractivity contribution in [1.82, 2.24) is 4.72 Å². The Kier molecular flexibility index (Phi) is 4.01. The zero-order valence-corrected chi connectivity index (χ0v) is 16.9. The zero-order chi connectivity index (χ0) is 16.1. The molecule has 0 aromatic heterocycles. The van der Waals surface area contributed by atoms with Gasteiger partial charge in [0.05, 0.1) is 0 Å². The fourth-order valence-electron chi connectivity index (χ4n) is 3.31. The van der Waals surface area contributed by atoms with Crippen LogP contribution in [0.2, 0.25) is 0 Å². The first kappa shape index (κ1) is 16.2.